The quantitative estimate of drug-likeness (QED) is 0.775. The van der Waals surface area contributed by atoms with E-state index in [4.69, 9.17) is 0 Å². The molecule has 1 N–H and O–H groups in total. The molecule has 16 heavy (non-hydrogen) atoms. The molecule has 3 unspecified atom stereocenters. The van der Waals surface area contributed by atoms with Gasteiger partial charge in [0.05, 0.1) is 0 Å². The molecule has 0 aliphatic heterocycles. The van der Waals surface area contributed by atoms with Gasteiger partial charge >= 0.3 is 0 Å². The molecule has 1 fully saturated rings. The average Bonchev–Trinajstić information content (AvgIpc) is 2.25. The van der Waals surface area contributed by atoms with Crippen LogP contribution in [0.4, 0.5) is 10.2 Å². The van der Waals surface area contributed by atoms with Crippen LogP contribution in [0.15, 0.2) is 18.2 Å². The van der Waals surface area contributed by atoms with Crippen LogP contribution in [0, 0.1) is 17.8 Å². The number of hydrogen-bond donors (Lipinski definition) is 1. The Morgan fingerprint density at radius 2 is 2.12 bits per heavy atom. The predicted molar refractivity (Wildman–Crippen MR) is 63.8 cm³/mol. The highest BCUT2D eigenvalue weighted by molar-refractivity contribution is 5.35. The van der Waals surface area contributed by atoms with Crippen molar-refractivity contribution in [3.63, 3.8) is 0 Å². The van der Waals surface area contributed by atoms with Gasteiger partial charge < -0.3 is 5.32 Å². The number of rotatable bonds is 2. The zero-order valence-electron chi connectivity index (χ0n) is 9.91. The van der Waals surface area contributed by atoms with Gasteiger partial charge in [-0.15, -0.1) is 0 Å². The van der Waals surface area contributed by atoms with Gasteiger partial charge in [0.2, 0.25) is 5.95 Å². The van der Waals surface area contributed by atoms with Gasteiger partial charge in [0.25, 0.3) is 0 Å². The number of halogens is 1. The highest BCUT2D eigenvalue weighted by Gasteiger charge is 2.26. The van der Waals surface area contributed by atoms with Crippen molar-refractivity contribution in [1.82, 2.24) is 4.98 Å². The molecular formula is C13H19FN2. The molecule has 1 aromatic rings. The summed E-state index contributed by atoms with van der Waals surface area (Å²) in [7, 11) is 0. The summed E-state index contributed by atoms with van der Waals surface area (Å²) in [5.41, 5.74) is 0. The van der Waals surface area contributed by atoms with Gasteiger partial charge in [-0.3, -0.25) is 0 Å². The van der Waals surface area contributed by atoms with E-state index in [2.05, 4.69) is 24.1 Å². The van der Waals surface area contributed by atoms with Crippen molar-refractivity contribution in [1.29, 1.82) is 0 Å². The third-order valence-corrected chi connectivity index (χ3v) is 3.76. The second-order valence-corrected chi connectivity index (χ2v) is 4.86. The number of aromatic nitrogens is 1. The molecule has 1 aliphatic carbocycles. The number of pyridine rings is 1. The Labute approximate surface area is 96.3 Å². The van der Waals surface area contributed by atoms with Crippen LogP contribution in [0.25, 0.3) is 0 Å². The van der Waals surface area contributed by atoms with Crippen molar-refractivity contribution < 1.29 is 4.39 Å². The van der Waals surface area contributed by atoms with Crippen LogP contribution >= 0.6 is 0 Å². The van der Waals surface area contributed by atoms with Gasteiger partial charge in [0.15, 0.2) is 0 Å². The lowest BCUT2D eigenvalue weighted by Gasteiger charge is -2.34. The van der Waals surface area contributed by atoms with E-state index in [0.29, 0.717) is 17.8 Å². The molecule has 2 rings (SSSR count). The Morgan fingerprint density at radius 3 is 2.88 bits per heavy atom. The van der Waals surface area contributed by atoms with Gasteiger partial charge in [0, 0.05) is 6.04 Å². The summed E-state index contributed by atoms with van der Waals surface area (Å²) in [6.45, 7) is 4.55. The summed E-state index contributed by atoms with van der Waals surface area (Å²) in [5, 5.41) is 3.35. The number of nitrogens with zero attached hydrogens (tertiary/aromatic N) is 1. The van der Waals surface area contributed by atoms with Crippen LogP contribution in [-0.4, -0.2) is 11.0 Å². The summed E-state index contributed by atoms with van der Waals surface area (Å²) >= 11 is 0. The molecule has 1 heterocycles. The Morgan fingerprint density at radius 1 is 1.31 bits per heavy atom. The third-order valence-electron chi connectivity index (χ3n) is 3.76. The SMILES string of the molecule is CC1CCCC(Nc2cccc(F)n2)C1C. The zero-order valence-corrected chi connectivity index (χ0v) is 9.91. The summed E-state index contributed by atoms with van der Waals surface area (Å²) in [6, 6.07) is 5.33. The molecule has 2 nitrogen and oxygen atoms in total. The monoisotopic (exact) mass is 222 g/mol. The number of nitrogens with one attached hydrogen (secondary N) is 1. The fourth-order valence-electron chi connectivity index (χ4n) is 2.46. The van der Waals surface area contributed by atoms with Crippen LogP contribution in [0.2, 0.25) is 0 Å². The van der Waals surface area contributed by atoms with Crippen molar-refractivity contribution in [2.24, 2.45) is 11.8 Å². The van der Waals surface area contributed by atoms with Crippen LogP contribution in [0.1, 0.15) is 33.1 Å². The normalized spacial score (nSPS) is 30.1. The van der Waals surface area contributed by atoms with Gasteiger partial charge in [-0.25, -0.2) is 4.98 Å². The largest absolute Gasteiger partial charge is 0.367 e. The Bertz CT molecular complexity index is 354. The molecule has 0 radical (unpaired) electrons. The minimum absolute atomic E-state index is 0.415. The maximum Gasteiger partial charge on any atom is 0.214 e. The van der Waals surface area contributed by atoms with E-state index < -0.39 is 5.95 Å². The van der Waals surface area contributed by atoms with Crippen molar-refractivity contribution in [3.8, 4) is 0 Å². The molecule has 1 aromatic heterocycles. The Balaban J connectivity index is 2.03. The predicted octanol–water partition coefficient (Wildman–Crippen LogP) is 3.46. The lowest BCUT2D eigenvalue weighted by atomic mass is 9.78. The van der Waals surface area contributed by atoms with Crippen molar-refractivity contribution in [3.05, 3.63) is 24.1 Å². The van der Waals surface area contributed by atoms with Crippen LogP contribution < -0.4 is 5.32 Å². The fraction of sp³-hybridized carbons (Fsp3) is 0.615. The smallest absolute Gasteiger partial charge is 0.214 e. The van der Waals surface area contributed by atoms with Gasteiger partial charge in [-0.1, -0.05) is 32.8 Å². The zero-order chi connectivity index (χ0) is 11.5. The maximum atomic E-state index is 12.9. The second kappa shape index (κ2) is 4.81. The van der Waals surface area contributed by atoms with Gasteiger partial charge in [0.1, 0.15) is 5.82 Å². The summed E-state index contributed by atoms with van der Waals surface area (Å²) in [4.78, 5) is 3.85. The number of anilines is 1. The molecule has 0 aromatic carbocycles. The fourth-order valence-corrected chi connectivity index (χ4v) is 2.46. The molecule has 88 valence electrons. The van der Waals surface area contributed by atoms with E-state index in [1.165, 1.54) is 18.9 Å². The molecule has 1 saturated carbocycles. The van der Waals surface area contributed by atoms with Crippen molar-refractivity contribution in [2.45, 2.75) is 39.2 Å². The standard InChI is InChI=1S/C13H19FN2/c1-9-5-3-6-11(10(9)2)15-13-8-4-7-12(14)16-13/h4,7-11H,3,5-6H2,1-2H3,(H,15,16). The van der Waals surface area contributed by atoms with Crippen LogP contribution in [0.3, 0.4) is 0 Å². The van der Waals surface area contributed by atoms with Crippen LogP contribution in [0.5, 0.6) is 0 Å². The van der Waals surface area contributed by atoms with Gasteiger partial charge in [-0.2, -0.15) is 4.39 Å². The highest BCUT2D eigenvalue weighted by Crippen LogP contribution is 2.31. The van der Waals surface area contributed by atoms with Crippen molar-refractivity contribution >= 4 is 5.82 Å². The Kier molecular flexibility index (Phi) is 3.42. The van der Waals surface area contributed by atoms with E-state index in [1.807, 2.05) is 6.07 Å². The van der Waals surface area contributed by atoms with Crippen LogP contribution in [-0.2, 0) is 0 Å². The Hall–Kier alpha value is -1.12. The third kappa shape index (κ3) is 2.52. The topological polar surface area (TPSA) is 24.9 Å². The molecule has 0 spiro atoms. The summed E-state index contributed by atoms with van der Waals surface area (Å²) < 4.78 is 12.9. The first-order valence-corrected chi connectivity index (χ1v) is 6.06. The van der Waals surface area contributed by atoms with E-state index in [9.17, 15) is 4.39 Å². The van der Waals surface area contributed by atoms with Crippen molar-refractivity contribution in [2.75, 3.05) is 5.32 Å². The van der Waals surface area contributed by atoms with E-state index >= 15 is 0 Å². The first kappa shape index (κ1) is 11.4. The lowest BCUT2D eigenvalue weighted by molar-refractivity contribution is 0.252. The molecule has 3 atom stereocenters. The van der Waals surface area contributed by atoms with Gasteiger partial charge in [-0.05, 0) is 30.4 Å². The average molecular weight is 222 g/mol. The minimum Gasteiger partial charge on any atom is -0.367 e. The molecule has 0 bridgehead atoms. The summed E-state index contributed by atoms with van der Waals surface area (Å²) in [5.74, 6) is 1.60. The maximum absolute atomic E-state index is 12.9. The number of hydrogen-bond acceptors (Lipinski definition) is 2. The molecule has 0 saturated heterocycles. The molecule has 1 aliphatic rings. The molecule has 0 amide bonds. The highest BCUT2D eigenvalue weighted by atomic mass is 19.1. The lowest BCUT2D eigenvalue weighted by Crippen LogP contribution is -2.35. The first-order chi connectivity index (χ1) is 7.66. The molecule has 3 heteroatoms. The second-order valence-electron chi connectivity index (χ2n) is 4.86. The van der Waals surface area contributed by atoms with E-state index in [-0.39, 0.29) is 0 Å². The first-order valence-electron chi connectivity index (χ1n) is 6.06. The van der Waals surface area contributed by atoms with E-state index in [0.717, 1.165) is 12.3 Å². The molecular weight excluding hydrogens is 203 g/mol. The summed E-state index contributed by atoms with van der Waals surface area (Å²) in [6.07, 6.45) is 3.71. The minimum atomic E-state index is -0.415. The van der Waals surface area contributed by atoms with E-state index in [1.54, 1.807) is 6.07 Å².